The Kier molecular flexibility index (Phi) is 5.20. The monoisotopic (exact) mass is 434 g/mol. The molecule has 0 spiro atoms. The van der Waals surface area contributed by atoms with Gasteiger partial charge in [0.15, 0.2) is 10.9 Å². The highest BCUT2D eigenvalue weighted by molar-refractivity contribution is 7.22. The van der Waals surface area contributed by atoms with Gasteiger partial charge in [-0.15, -0.1) is 0 Å². The van der Waals surface area contributed by atoms with Gasteiger partial charge in [0.2, 0.25) is 5.95 Å². The molecule has 0 amide bonds. The van der Waals surface area contributed by atoms with E-state index in [9.17, 15) is 18.0 Å². The Morgan fingerprint density at radius 2 is 1.97 bits per heavy atom. The number of carbonyl (C=O) groups excluding carboxylic acids is 1. The number of aromatic nitrogens is 3. The van der Waals surface area contributed by atoms with Crippen LogP contribution in [-0.4, -0.2) is 32.0 Å². The molecule has 2 N–H and O–H groups in total. The summed E-state index contributed by atoms with van der Waals surface area (Å²) in [6, 6.07) is 8.62. The van der Waals surface area contributed by atoms with E-state index in [2.05, 4.69) is 15.3 Å². The standard InChI is InChI=1S/C20H17F3N4O2S/c1-27-15-7-4-11(16(29)3-2-8-28)9-14(15)24-18(27)26-19-25-13-6-5-12(20(21,22)23)10-17(13)30-19/h4-7,9-10,28H,2-3,8H2,1H3,(H,24,25,26). The molecular weight excluding hydrogens is 417 g/mol. The van der Waals surface area contributed by atoms with Gasteiger partial charge in [-0.3, -0.25) is 4.79 Å². The van der Waals surface area contributed by atoms with Crippen LogP contribution in [0.15, 0.2) is 36.4 Å². The quantitative estimate of drug-likeness (QED) is 0.422. The van der Waals surface area contributed by atoms with Gasteiger partial charge in [-0.05, 0) is 42.8 Å². The number of benzene rings is 2. The first-order valence-corrected chi connectivity index (χ1v) is 9.93. The average molecular weight is 434 g/mol. The molecule has 0 bridgehead atoms. The number of carbonyl (C=O) groups is 1. The lowest BCUT2D eigenvalue weighted by Gasteiger charge is -2.04. The van der Waals surface area contributed by atoms with E-state index in [-0.39, 0.29) is 18.8 Å². The van der Waals surface area contributed by atoms with Gasteiger partial charge in [0, 0.05) is 25.6 Å². The SMILES string of the molecule is Cn1c(Nc2nc3ccc(C(F)(F)F)cc3s2)nc2cc(C(=O)CCCO)ccc21. The molecule has 0 saturated heterocycles. The summed E-state index contributed by atoms with van der Waals surface area (Å²) >= 11 is 1.10. The molecule has 0 saturated carbocycles. The molecule has 0 fully saturated rings. The van der Waals surface area contributed by atoms with Crippen LogP contribution in [0.1, 0.15) is 28.8 Å². The van der Waals surface area contributed by atoms with Crippen molar-refractivity contribution in [3.05, 3.63) is 47.5 Å². The molecule has 4 rings (SSSR count). The van der Waals surface area contributed by atoms with Crippen molar-refractivity contribution in [1.82, 2.24) is 14.5 Å². The number of Topliss-reactive ketones (excluding diaryl/α,β-unsaturated/α-hetero) is 1. The number of fused-ring (bicyclic) bond motifs is 2. The number of ketones is 1. The second kappa shape index (κ2) is 7.69. The van der Waals surface area contributed by atoms with Crippen molar-refractivity contribution in [2.45, 2.75) is 19.0 Å². The molecule has 0 aliphatic carbocycles. The van der Waals surface area contributed by atoms with E-state index in [1.807, 2.05) is 0 Å². The molecule has 2 aromatic heterocycles. The third-order valence-corrected chi connectivity index (χ3v) is 5.63. The fraction of sp³-hybridized carbons (Fsp3) is 0.250. The molecule has 30 heavy (non-hydrogen) atoms. The molecule has 6 nitrogen and oxygen atoms in total. The van der Waals surface area contributed by atoms with Gasteiger partial charge in [-0.25, -0.2) is 9.97 Å². The van der Waals surface area contributed by atoms with Crippen LogP contribution in [-0.2, 0) is 13.2 Å². The Labute approximate surface area is 173 Å². The molecule has 0 atom stereocenters. The average Bonchev–Trinajstić information content (AvgIpc) is 3.25. The molecule has 0 unspecified atom stereocenters. The number of alkyl halides is 3. The van der Waals surface area contributed by atoms with Crippen molar-refractivity contribution in [2.75, 3.05) is 11.9 Å². The summed E-state index contributed by atoms with van der Waals surface area (Å²) < 4.78 is 41.0. The minimum absolute atomic E-state index is 0.0434. The van der Waals surface area contributed by atoms with Crippen molar-refractivity contribution >= 4 is 49.4 Å². The largest absolute Gasteiger partial charge is 0.416 e. The molecular formula is C20H17F3N4O2S. The van der Waals surface area contributed by atoms with E-state index in [0.29, 0.717) is 38.8 Å². The lowest BCUT2D eigenvalue weighted by Crippen LogP contribution is -2.03. The maximum Gasteiger partial charge on any atom is 0.416 e. The Balaban J connectivity index is 1.63. The fourth-order valence-corrected chi connectivity index (χ4v) is 4.02. The van der Waals surface area contributed by atoms with Crippen LogP contribution in [0.4, 0.5) is 24.3 Å². The zero-order valence-corrected chi connectivity index (χ0v) is 16.6. The van der Waals surface area contributed by atoms with Crippen molar-refractivity contribution in [1.29, 1.82) is 0 Å². The first-order chi connectivity index (χ1) is 14.3. The van der Waals surface area contributed by atoms with Crippen molar-refractivity contribution in [3.63, 3.8) is 0 Å². The van der Waals surface area contributed by atoms with Gasteiger partial charge in [0.25, 0.3) is 0 Å². The van der Waals surface area contributed by atoms with Crippen LogP contribution < -0.4 is 5.32 Å². The smallest absolute Gasteiger partial charge is 0.396 e. The number of anilines is 2. The molecule has 4 aromatic rings. The summed E-state index contributed by atoms with van der Waals surface area (Å²) in [4.78, 5) is 21.0. The van der Waals surface area contributed by atoms with Gasteiger partial charge < -0.3 is 15.0 Å². The summed E-state index contributed by atoms with van der Waals surface area (Å²) in [6.07, 6.45) is -3.75. The lowest BCUT2D eigenvalue weighted by molar-refractivity contribution is -0.137. The lowest BCUT2D eigenvalue weighted by atomic mass is 10.1. The van der Waals surface area contributed by atoms with E-state index in [1.54, 1.807) is 29.8 Å². The predicted octanol–water partition coefficient (Wildman–Crippen LogP) is 4.90. The number of aryl methyl sites for hydroxylation is 1. The number of hydrogen-bond donors (Lipinski definition) is 2. The second-order valence-electron chi connectivity index (χ2n) is 6.77. The summed E-state index contributed by atoms with van der Waals surface area (Å²) in [5.74, 6) is 0.387. The van der Waals surface area contributed by atoms with Crippen LogP contribution in [0.2, 0.25) is 0 Å². The number of rotatable bonds is 6. The van der Waals surface area contributed by atoms with Crippen LogP contribution in [0, 0.1) is 0 Å². The number of thiazole rings is 1. The van der Waals surface area contributed by atoms with Gasteiger partial charge in [0.05, 0.1) is 26.8 Å². The number of halogens is 3. The molecule has 2 heterocycles. The zero-order chi connectivity index (χ0) is 21.5. The number of aliphatic hydroxyl groups is 1. The third-order valence-electron chi connectivity index (χ3n) is 4.70. The van der Waals surface area contributed by atoms with Crippen LogP contribution >= 0.6 is 11.3 Å². The number of imidazole rings is 1. The number of aliphatic hydroxyl groups excluding tert-OH is 1. The first-order valence-electron chi connectivity index (χ1n) is 9.11. The van der Waals surface area contributed by atoms with Crippen molar-refractivity contribution in [3.8, 4) is 0 Å². The number of hydrogen-bond acceptors (Lipinski definition) is 6. The summed E-state index contributed by atoms with van der Waals surface area (Å²) in [5.41, 5.74) is 1.66. The highest BCUT2D eigenvalue weighted by Crippen LogP contribution is 2.35. The topological polar surface area (TPSA) is 80.0 Å². The summed E-state index contributed by atoms with van der Waals surface area (Å²) in [6.45, 7) is -0.0434. The zero-order valence-electron chi connectivity index (χ0n) is 15.8. The van der Waals surface area contributed by atoms with E-state index in [1.165, 1.54) is 6.07 Å². The molecule has 0 aliphatic heterocycles. The maximum absolute atomic E-state index is 12.9. The second-order valence-corrected chi connectivity index (χ2v) is 7.80. The van der Waals surface area contributed by atoms with Gasteiger partial charge >= 0.3 is 6.18 Å². The molecule has 10 heteroatoms. The van der Waals surface area contributed by atoms with Crippen molar-refractivity contribution < 1.29 is 23.1 Å². The van der Waals surface area contributed by atoms with E-state index < -0.39 is 11.7 Å². The van der Waals surface area contributed by atoms with Crippen molar-refractivity contribution in [2.24, 2.45) is 7.05 Å². The molecule has 2 aromatic carbocycles. The van der Waals surface area contributed by atoms with Gasteiger partial charge in [-0.1, -0.05) is 11.3 Å². The van der Waals surface area contributed by atoms with Gasteiger partial charge in [0.1, 0.15) is 0 Å². The highest BCUT2D eigenvalue weighted by Gasteiger charge is 2.30. The van der Waals surface area contributed by atoms with Crippen LogP contribution in [0.3, 0.4) is 0 Å². The Morgan fingerprint density at radius 1 is 1.17 bits per heavy atom. The Hall–Kier alpha value is -2.98. The van der Waals surface area contributed by atoms with Crippen LogP contribution in [0.5, 0.6) is 0 Å². The van der Waals surface area contributed by atoms with Crippen LogP contribution in [0.25, 0.3) is 21.3 Å². The molecule has 156 valence electrons. The minimum atomic E-state index is -4.41. The minimum Gasteiger partial charge on any atom is -0.396 e. The summed E-state index contributed by atoms with van der Waals surface area (Å²) in [7, 11) is 1.79. The third kappa shape index (κ3) is 3.88. The highest BCUT2D eigenvalue weighted by atomic mass is 32.1. The van der Waals surface area contributed by atoms with E-state index in [0.717, 1.165) is 29.0 Å². The Bertz CT molecular complexity index is 1250. The van der Waals surface area contributed by atoms with Gasteiger partial charge in [-0.2, -0.15) is 13.2 Å². The predicted molar refractivity (Wildman–Crippen MR) is 109 cm³/mol. The molecule has 0 aliphatic rings. The molecule has 0 radical (unpaired) electrons. The fourth-order valence-electron chi connectivity index (χ4n) is 3.12. The summed E-state index contributed by atoms with van der Waals surface area (Å²) in [5, 5.41) is 12.4. The van der Waals surface area contributed by atoms with E-state index in [4.69, 9.17) is 5.11 Å². The normalized spacial score (nSPS) is 12.0. The van der Waals surface area contributed by atoms with E-state index >= 15 is 0 Å². The number of nitrogens with one attached hydrogen (secondary N) is 1. The Morgan fingerprint density at radius 3 is 2.70 bits per heavy atom. The number of nitrogens with zero attached hydrogens (tertiary/aromatic N) is 3. The maximum atomic E-state index is 12.9. The first kappa shape index (κ1) is 20.3.